The van der Waals surface area contributed by atoms with Gasteiger partial charge in [0.25, 0.3) is 5.91 Å². The summed E-state index contributed by atoms with van der Waals surface area (Å²) < 4.78 is 38.3. The summed E-state index contributed by atoms with van der Waals surface area (Å²) >= 11 is 0. The molecule has 4 rings (SSSR count). The number of alkyl halides is 3. The zero-order valence-electron chi connectivity index (χ0n) is 18.0. The molecule has 2 aromatic rings. The summed E-state index contributed by atoms with van der Waals surface area (Å²) in [5, 5.41) is 0. The number of amides is 1. The SMILES string of the molecule is C[C@H]1CC[C@H](C)N1C[C@@H]1CCCN1C(=O)c1ccc(-c2ccc(C(F)(F)F)cc2)cc1. The van der Waals surface area contributed by atoms with E-state index in [1.165, 1.54) is 25.0 Å². The molecule has 2 saturated heterocycles. The van der Waals surface area contributed by atoms with Gasteiger partial charge in [0, 0.05) is 36.8 Å². The molecule has 0 aliphatic carbocycles. The normalized spacial score (nSPS) is 24.7. The molecule has 0 unspecified atom stereocenters. The van der Waals surface area contributed by atoms with E-state index in [1.807, 2.05) is 17.0 Å². The summed E-state index contributed by atoms with van der Waals surface area (Å²) in [6.07, 6.45) is 0.147. The first-order valence-corrected chi connectivity index (χ1v) is 11.1. The fourth-order valence-corrected chi connectivity index (χ4v) is 4.97. The molecule has 2 aromatic carbocycles. The second-order valence-electron chi connectivity index (χ2n) is 8.92. The maximum atomic E-state index is 13.2. The quantitative estimate of drug-likeness (QED) is 0.608. The van der Waals surface area contributed by atoms with Crippen molar-refractivity contribution in [3.8, 4) is 11.1 Å². The van der Waals surface area contributed by atoms with Crippen LogP contribution in [0.1, 0.15) is 55.5 Å². The molecule has 6 heteroatoms. The molecule has 3 atom stereocenters. The second-order valence-corrected chi connectivity index (χ2v) is 8.92. The number of nitrogens with zero attached hydrogens (tertiary/aromatic N) is 2. The van der Waals surface area contributed by atoms with Crippen LogP contribution in [0.5, 0.6) is 0 Å². The van der Waals surface area contributed by atoms with Crippen LogP contribution in [0, 0.1) is 0 Å². The van der Waals surface area contributed by atoms with E-state index in [0.717, 1.165) is 43.6 Å². The first-order valence-electron chi connectivity index (χ1n) is 11.1. The number of carbonyl (C=O) groups excluding carboxylic acids is 1. The summed E-state index contributed by atoms with van der Waals surface area (Å²) in [7, 11) is 0. The Labute approximate surface area is 181 Å². The molecule has 0 bridgehead atoms. The number of likely N-dealkylation sites (tertiary alicyclic amines) is 2. The van der Waals surface area contributed by atoms with Crippen LogP contribution in [-0.2, 0) is 6.18 Å². The van der Waals surface area contributed by atoms with E-state index in [4.69, 9.17) is 0 Å². The summed E-state index contributed by atoms with van der Waals surface area (Å²) in [5.41, 5.74) is 1.46. The molecule has 0 radical (unpaired) electrons. The van der Waals surface area contributed by atoms with E-state index in [-0.39, 0.29) is 11.9 Å². The molecule has 166 valence electrons. The minimum Gasteiger partial charge on any atom is -0.334 e. The highest BCUT2D eigenvalue weighted by atomic mass is 19.4. The van der Waals surface area contributed by atoms with Crippen LogP contribution in [0.25, 0.3) is 11.1 Å². The Morgan fingerprint density at radius 3 is 2.00 bits per heavy atom. The molecule has 0 N–H and O–H groups in total. The van der Waals surface area contributed by atoms with Gasteiger partial charge in [-0.1, -0.05) is 24.3 Å². The summed E-state index contributed by atoms with van der Waals surface area (Å²) in [4.78, 5) is 17.7. The first kappa shape index (κ1) is 21.9. The van der Waals surface area contributed by atoms with Gasteiger partial charge in [0.15, 0.2) is 0 Å². The monoisotopic (exact) mass is 430 g/mol. The topological polar surface area (TPSA) is 23.6 Å². The van der Waals surface area contributed by atoms with Gasteiger partial charge in [-0.3, -0.25) is 9.69 Å². The van der Waals surface area contributed by atoms with Crippen LogP contribution < -0.4 is 0 Å². The van der Waals surface area contributed by atoms with Crippen LogP contribution >= 0.6 is 0 Å². The van der Waals surface area contributed by atoms with Gasteiger partial charge in [-0.25, -0.2) is 0 Å². The average Bonchev–Trinajstić information content (AvgIpc) is 3.35. The van der Waals surface area contributed by atoms with Gasteiger partial charge in [0.1, 0.15) is 0 Å². The zero-order chi connectivity index (χ0) is 22.2. The highest BCUT2D eigenvalue weighted by Crippen LogP contribution is 2.32. The van der Waals surface area contributed by atoms with E-state index in [2.05, 4.69) is 18.7 Å². The van der Waals surface area contributed by atoms with Crippen LogP contribution in [0.2, 0.25) is 0 Å². The molecule has 2 heterocycles. The van der Waals surface area contributed by atoms with Gasteiger partial charge >= 0.3 is 6.18 Å². The van der Waals surface area contributed by atoms with E-state index in [0.29, 0.717) is 23.2 Å². The van der Waals surface area contributed by atoms with E-state index in [1.54, 1.807) is 12.1 Å². The highest BCUT2D eigenvalue weighted by Gasteiger charge is 2.35. The van der Waals surface area contributed by atoms with Crippen LogP contribution in [-0.4, -0.2) is 46.9 Å². The van der Waals surface area contributed by atoms with Crippen molar-refractivity contribution in [2.75, 3.05) is 13.1 Å². The molecule has 2 aliphatic heterocycles. The van der Waals surface area contributed by atoms with Gasteiger partial charge < -0.3 is 4.90 Å². The Morgan fingerprint density at radius 1 is 0.903 bits per heavy atom. The van der Waals surface area contributed by atoms with E-state index in [9.17, 15) is 18.0 Å². The van der Waals surface area contributed by atoms with Gasteiger partial charge in [0.2, 0.25) is 0 Å². The number of hydrogen-bond acceptors (Lipinski definition) is 2. The van der Waals surface area contributed by atoms with Crippen molar-refractivity contribution in [1.29, 1.82) is 0 Å². The van der Waals surface area contributed by atoms with Gasteiger partial charge in [-0.2, -0.15) is 13.2 Å². The Morgan fingerprint density at radius 2 is 1.45 bits per heavy atom. The lowest BCUT2D eigenvalue weighted by atomic mass is 10.0. The standard InChI is InChI=1S/C25H29F3N2O/c1-17-5-6-18(2)30(17)16-23-4-3-15-29(23)24(31)21-9-7-19(8-10-21)20-11-13-22(14-12-20)25(26,27)28/h7-14,17-18,23H,3-6,15-16H2,1-2H3/t17-,18-,23-/m0/s1. The molecular formula is C25H29F3N2O. The maximum absolute atomic E-state index is 13.2. The minimum atomic E-state index is -4.34. The molecular weight excluding hydrogens is 401 g/mol. The molecule has 0 spiro atoms. The predicted octanol–water partition coefficient (Wildman–Crippen LogP) is 5.85. The second kappa shape index (κ2) is 8.65. The summed E-state index contributed by atoms with van der Waals surface area (Å²) in [6.45, 7) is 6.24. The van der Waals surface area contributed by atoms with Crippen molar-refractivity contribution >= 4 is 5.91 Å². The Balaban J connectivity index is 1.45. The van der Waals surface area contributed by atoms with Crippen molar-refractivity contribution < 1.29 is 18.0 Å². The summed E-state index contributed by atoms with van der Waals surface area (Å²) in [5.74, 6) is 0.0426. The Kier molecular flexibility index (Phi) is 6.11. The lowest BCUT2D eigenvalue weighted by Crippen LogP contribution is -2.46. The van der Waals surface area contributed by atoms with Gasteiger partial charge in [0.05, 0.1) is 5.56 Å². The Bertz CT molecular complexity index is 898. The van der Waals surface area contributed by atoms with E-state index >= 15 is 0 Å². The number of benzene rings is 2. The van der Waals surface area contributed by atoms with E-state index < -0.39 is 11.7 Å². The molecule has 2 aliphatic rings. The number of halogens is 3. The van der Waals surface area contributed by atoms with Gasteiger partial charge in [-0.15, -0.1) is 0 Å². The molecule has 3 nitrogen and oxygen atoms in total. The first-order chi connectivity index (χ1) is 14.7. The molecule has 0 saturated carbocycles. The zero-order valence-corrected chi connectivity index (χ0v) is 18.0. The highest BCUT2D eigenvalue weighted by molar-refractivity contribution is 5.95. The number of hydrogen-bond donors (Lipinski definition) is 0. The molecule has 2 fully saturated rings. The fraction of sp³-hybridized carbons (Fsp3) is 0.480. The lowest BCUT2D eigenvalue weighted by molar-refractivity contribution is -0.137. The van der Waals surface area contributed by atoms with Crippen molar-refractivity contribution in [1.82, 2.24) is 9.80 Å². The van der Waals surface area contributed by atoms with Gasteiger partial charge in [-0.05, 0) is 74.9 Å². The average molecular weight is 431 g/mol. The van der Waals surface area contributed by atoms with Crippen LogP contribution in [0.15, 0.2) is 48.5 Å². The number of rotatable bonds is 4. The number of carbonyl (C=O) groups is 1. The van der Waals surface area contributed by atoms with Crippen molar-refractivity contribution in [3.63, 3.8) is 0 Å². The predicted molar refractivity (Wildman–Crippen MR) is 116 cm³/mol. The molecule has 31 heavy (non-hydrogen) atoms. The summed E-state index contributed by atoms with van der Waals surface area (Å²) in [6, 6.07) is 13.7. The van der Waals surface area contributed by atoms with Crippen LogP contribution in [0.4, 0.5) is 13.2 Å². The minimum absolute atomic E-state index is 0.0426. The van der Waals surface area contributed by atoms with Crippen LogP contribution in [0.3, 0.4) is 0 Å². The maximum Gasteiger partial charge on any atom is 0.416 e. The smallest absolute Gasteiger partial charge is 0.334 e. The lowest BCUT2D eigenvalue weighted by Gasteiger charge is -2.33. The largest absolute Gasteiger partial charge is 0.416 e. The fourth-order valence-electron chi connectivity index (χ4n) is 4.97. The molecule has 1 amide bonds. The third kappa shape index (κ3) is 4.64. The molecule has 0 aromatic heterocycles. The Hall–Kier alpha value is -2.34. The van der Waals surface area contributed by atoms with Crippen molar-refractivity contribution in [3.05, 3.63) is 59.7 Å². The van der Waals surface area contributed by atoms with Crippen molar-refractivity contribution in [2.24, 2.45) is 0 Å². The third-order valence-corrected chi connectivity index (χ3v) is 6.87. The third-order valence-electron chi connectivity index (χ3n) is 6.87. The van der Waals surface area contributed by atoms with Crippen molar-refractivity contribution in [2.45, 2.75) is 63.8 Å².